The van der Waals surface area contributed by atoms with E-state index in [0.29, 0.717) is 16.2 Å². The Morgan fingerprint density at radius 2 is 1.17 bits per heavy atom. The SMILES string of the molecule is CC(C)CCC[C@@H](C)[C@@]1(C)CCC2C3CC=C=C4CC(C)CCC4(C)C3CCC21C.CCCCC/C=C\C/C=C\CCCCCCCCCCCCC(CCCCCCCCC)CN1CCCC1C. The van der Waals surface area contributed by atoms with Crippen LogP contribution >= 0.6 is 0 Å². The first-order valence-corrected chi connectivity index (χ1v) is 31.9. The van der Waals surface area contributed by atoms with Crippen LogP contribution in [0.3, 0.4) is 0 Å². The molecule has 1 heterocycles. The second-order valence-corrected chi connectivity index (χ2v) is 26.4. The molecule has 0 spiro atoms. The molecule has 3 saturated carbocycles. The van der Waals surface area contributed by atoms with Gasteiger partial charge < -0.3 is 4.90 Å². The number of rotatable bonds is 34. The Bertz CT molecular complexity index is 1440. The van der Waals surface area contributed by atoms with E-state index >= 15 is 0 Å². The second kappa shape index (κ2) is 33.7. The third kappa shape index (κ3) is 20.0. The van der Waals surface area contributed by atoms with E-state index in [2.05, 4.69) is 110 Å². The van der Waals surface area contributed by atoms with Gasteiger partial charge in [-0.05, 0) is 192 Å². The van der Waals surface area contributed by atoms with Crippen LogP contribution in [0, 0.1) is 57.7 Å². The van der Waals surface area contributed by atoms with Gasteiger partial charge in [0.25, 0.3) is 0 Å². The van der Waals surface area contributed by atoms with Crippen molar-refractivity contribution in [2.24, 2.45) is 57.7 Å². The van der Waals surface area contributed by atoms with Crippen LogP contribution in [-0.4, -0.2) is 24.0 Å². The van der Waals surface area contributed by atoms with Gasteiger partial charge in [0.2, 0.25) is 0 Å². The molecule has 0 aromatic carbocycles. The van der Waals surface area contributed by atoms with E-state index in [4.69, 9.17) is 0 Å². The number of hydrogen-bond acceptors (Lipinski definition) is 1. The van der Waals surface area contributed by atoms with E-state index in [1.807, 2.05) is 0 Å². The van der Waals surface area contributed by atoms with Crippen molar-refractivity contribution < 1.29 is 0 Å². The second-order valence-electron chi connectivity index (χ2n) is 26.4. The first-order chi connectivity index (χ1) is 33.4. The van der Waals surface area contributed by atoms with Gasteiger partial charge in [-0.1, -0.05) is 221 Å². The van der Waals surface area contributed by atoms with E-state index in [0.717, 1.165) is 53.9 Å². The highest BCUT2D eigenvalue weighted by atomic mass is 15.2. The minimum Gasteiger partial charge on any atom is -0.300 e. The molecular weight excluding hydrogens is 831 g/mol. The highest BCUT2D eigenvalue weighted by Gasteiger charge is 2.62. The first-order valence-electron chi connectivity index (χ1n) is 31.9. The van der Waals surface area contributed by atoms with Crippen molar-refractivity contribution in [3.05, 3.63) is 41.7 Å². The Balaban J connectivity index is 0.000000309. The molecule has 0 radical (unpaired) electrons. The summed E-state index contributed by atoms with van der Waals surface area (Å²) in [4.78, 5) is 2.82. The Hall–Kier alpha value is -1.04. The molecule has 10 atom stereocenters. The Morgan fingerprint density at radius 1 is 0.609 bits per heavy atom. The summed E-state index contributed by atoms with van der Waals surface area (Å²) in [5, 5.41) is 0. The summed E-state index contributed by atoms with van der Waals surface area (Å²) in [7, 11) is 0. The zero-order valence-electron chi connectivity index (χ0n) is 48.7. The fourth-order valence-electron chi connectivity index (χ4n) is 15.4. The molecule has 400 valence electrons. The lowest BCUT2D eigenvalue weighted by Gasteiger charge is -2.58. The highest BCUT2D eigenvalue weighted by molar-refractivity contribution is 5.24. The van der Waals surface area contributed by atoms with Gasteiger partial charge in [0.1, 0.15) is 0 Å². The van der Waals surface area contributed by atoms with Crippen molar-refractivity contribution in [1.82, 2.24) is 4.90 Å². The maximum atomic E-state index is 3.88. The zero-order valence-corrected chi connectivity index (χ0v) is 48.7. The summed E-state index contributed by atoms with van der Waals surface area (Å²) in [6, 6.07) is 0.838. The lowest BCUT2D eigenvalue weighted by atomic mass is 9.46. The fraction of sp³-hybridized carbons (Fsp3) is 0.897. The molecule has 1 heteroatoms. The maximum Gasteiger partial charge on any atom is 0.00675 e. The predicted molar refractivity (Wildman–Crippen MR) is 309 cm³/mol. The summed E-state index contributed by atoms with van der Waals surface area (Å²) < 4.78 is 0. The third-order valence-corrected chi connectivity index (χ3v) is 20.7. The van der Waals surface area contributed by atoms with Crippen LogP contribution in [0.2, 0.25) is 0 Å². The molecule has 8 unspecified atom stereocenters. The molecule has 1 nitrogen and oxygen atoms in total. The van der Waals surface area contributed by atoms with E-state index in [1.54, 1.807) is 5.57 Å². The van der Waals surface area contributed by atoms with Crippen LogP contribution in [-0.2, 0) is 0 Å². The van der Waals surface area contributed by atoms with Crippen molar-refractivity contribution in [3.63, 3.8) is 0 Å². The molecule has 5 rings (SSSR count). The third-order valence-electron chi connectivity index (χ3n) is 20.7. The summed E-state index contributed by atoms with van der Waals surface area (Å²) in [5.41, 5.74) is 7.09. The van der Waals surface area contributed by atoms with Crippen LogP contribution in [0.25, 0.3) is 0 Å². The number of likely N-dealkylation sites (tertiary alicyclic amines) is 1. The van der Waals surface area contributed by atoms with Gasteiger partial charge in [-0.15, -0.1) is 5.73 Å². The largest absolute Gasteiger partial charge is 0.300 e. The average molecular weight is 955 g/mol. The van der Waals surface area contributed by atoms with Crippen molar-refractivity contribution in [3.8, 4) is 0 Å². The molecule has 1 saturated heterocycles. The van der Waals surface area contributed by atoms with Gasteiger partial charge in [0.15, 0.2) is 0 Å². The Kier molecular flexibility index (Phi) is 29.6. The van der Waals surface area contributed by atoms with E-state index in [-0.39, 0.29) is 0 Å². The lowest BCUT2D eigenvalue weighted by molar-refractivity contribution is -0.0809. The standard InChI is InChI=1S/C38H73N.C30H50/c1-4-6-8-10-12-13-14-15-16-17-18-19-20-21-22-23-24-26-28-30-34-38(36-39-35-31-32-37(39)3)33-29-27-25-11-9-7-5-2;1-21(2)10-8-11-23(4)29(6)18-16-27-25-13-9-12-24-20-22(3)14-17-28(24,5)26(25)15-19-30(27,29)7/h12-13,15-16,37-38H,4-11,14,17-36H2,1-3H3;9,21-23,25-27H,8,10-11,13-20H2,1-7H3/b13-12-,16-15-;/t;22?,23-,25?,26?,27?,28?,29-,30?/m.1/s1. The van der Waals surface area contributed by atoms with Gasteiger partial charge >= 0.3 is 0 Å². The number of nitrogens with zero attached hydrogens (tertiary/aromatic N) is 1. The number of hydrogen-bond donors (Lipinski definition) is 0. The van der Waals surface area contributed by atoms with Crippen LogP contribution in [0.4, 0.5) is 0 Å². The molecular formula is C68H123N. The van der Waals surface area contributed by atoms with Gasteiger partial charge in [0.05, 0.1) is 0 Å². The van der Waals surface area contributed by atoms with Crippen molar-refractivity contribution in [2.75, 3.05) is 13.1 Å². The van der Waals surface area contributed by atoms with Crippen molar-refractivity contribution in [2.45, 2.75) is 319 Å². The van der Waals surface area contributed by atoms with E-state index in [9.17, 15) is 0 Å². The van der Waals surface area contributed by atoms with E-state index in [1.165, 1.54) is 251 Å². The first kappa shape index (κ1) is 60.5. The molecule has 0 aromatic heterocycles. The number of allylic oxidation sites excluding steroid dienone is 5. The van der Waals surface area contributed by atoms with Gasteiger partial charge in [0, 0.05) is 12.6 Å². The molecule has 4 aliphatic carbocycles. The number of unbranched alkanes of at least 4 members (excludes halogenated alkanes) is 19. The van der Waals surface area contributed by atoms with Gasteiger partial charge in [-0.2, -0.15) is 0 Å². The summed E-state index contributed by atoms with van der Waals surface area (Å²) >= 11 is 0. The van der Waals surface area contributed by atoms with Crippen LogP contribution < -0.4 is 0 Å². The van der Waals surface area contributed by atoms with Gasteiger partial charge in [-0.25, -0.2) is 0 Å². The minimum absolute atomic E-state index is 0.438. The predicted octanol–water partition coefficient (Wildman–Crippen LogP) is 22.2. The van der Waals surface area contributed by atoms with Crippen LogP contribution in [0.1, 0.15) is 313 Å². The molecule has 0 aromatic rings. The zero-order chi connectivity index (χ0) is 49.8. The van der Waals surface area contributed by atoms with E-state index < -0.39 is 0 Å². The number of fused-ring (bicyclic) bond motifs is 5. The lowest BCUT2D eigenvalue weighted by Crippen LogP contribution is -2.51. The summed E-state index contributed by atoms with van der Waals surface area (Å²) in [6.45, 7) is 27.7. The molecule has 0 N–H and O–H groups in total. The smallest absolute Gasteiger partial charge is 0.00675 e. The maximum absolute atomic E-state index is 3.88. The molecule has 0 bridgehead atoms. The summed E-state index contributed by atoms with van der Waals surface area (Å²) in [5.74, 6) is 6.28. The molecule has 0 amide bonds. The quantitative estimate of drug-likeness (QED) is 0.0353. The average Bonchev–Trinajstić information content (AvgIpc) is 3.82. The molecule has 4 fully saturated rings. The monoisotopic (exact) mass is 954 g/mol. The molecule has 1 aliphatic heterocycles. The molecule has 69 heavy (non-hydrogen) atoms. The minimum atomic E-state index is 0.438. The highest BCUT2D eigenvalue weighted by Crippen LogP contribution is 2.70. The fourth-order valence-corrected chi connectivity index (χ4v) is 15.4. The topological polar surface area (TPSA) is 3.24 Å². The van der Waals surface area contributed by atoms with Gasteiger partial charge in [-0.3, -0.25) is 0 Å². The molecule has 5 aliphatic rings. The summed E-state index contributed by atoms with van der Waals surface area (Å²) in [6.07, 6.45) is 65.8. The normalized spacial score (nSPS) is 30.0. The van der Waals surface area contributed by atoms with Crippen molar-refractivity contribution >= 4 is 0 Å². The van der Waals surface area contributed by atoms with Crippen LogP contribution in [0.5, 0.6) is 0 Å². The van der Waals surface area contributed by atoms with Crippen molar-refractivity contribution in [1.29, 1.82) is 0 Å². The Morgan fingerprint density at radius 3 is 1.77 bits per heavy atom. The van der Waals surface area contributed by atoms with Crippen LogP contribution in [0.15, 0.2) is 41.7 Å². The Labute approximate surface area is 434 Å².